The molecule has 1 saturated heterocycles. The van der Waals surface area contributed by atoms with Gasteiger partial charge < -0.3 is 0 Å². The molecule has 1 aliphatic rings. The van der Waals surface area contributed by atoms with Crippen LogP contribution in [0, 0.1) is 0 Å². The Hall–Kier alpha value is -0.301. The molecule has 2 rings (SSSR count). The van der Waals surface area contributed by atoms with Crippen molar-refractivity contribution in [2.75, 3.05) is 6.54 Å². The molecule has 0 saturated carbocycles. The Morgan fingerprint density at radius 1 is 1.27 bits per heavy atom. The van der Waals surface area contributed by atoms with Gasteiger partial charge in [0.25, 0.3) is 0 Å². The standard InChI is InChI=1S/C9H11NSe/c1-2-4-8(5-3-1)9-6-10-11-7-9/h1-5,9-10H,6-7H2. The maximum absolute atomic E-state index is 3.43. The van der Waals surface area contributed by atoms with Crippen molar-refractivity contribution in [3.05, 3.63) is 35.9 Å². The predicted molar refractivity (Wildman–Crippen MR) is 47.7 cm³/mol. The van der Waals surface area contributed by atoms with Crippen LogP contribution in [0.3, 0.4) is 0 Å². The molecule has 2 heteroatoms. The van der Waals surface area contributed by atoms with Gasteiger partial charge in [0.2, 0.25) is 0 Å². The van der Waals surface area contributed by atoms with Gasteiger partial charge in [-0.25, -0.2) is 0 Å². The normalized spacial score (nSPS) is 23.8. The zero-order chi connectivity index (χ0) is 7.52. The first-order valence-corrected chi connectivity index (χ1v) is 5.93. The Kier molecular flexibility index (Phi) is 2.27. The van der Waals surface area contributed by atoms with E-state index in [2.05, 4.69) is 34.7 Å². The van der Waals surface area contributed by atoms with Crippen LogP contribution in [0.25, 0.3) is 0 Å². The van der Waals surface area contributed by atoms with E-state index in [0.29, 0.717) is 15.2 Å². The van der Waals surface area contributed by atoms with Gasteiger partial charge in [0.1, 0.15) is 0 Å². The van der Waals surface area contributed by atoms with Crippen LogP contribution in [0.5, 0.6) is 0 Å². The average molecular weight is 212 g/mol. The van der Waals surface area contributed by atoms with Gasteiger partial charge >= 0.3 is 73.2 Å². The summed E-state index contributed by atoms with van der Waals surface area (Å²) in [4.78, 5) is 0. The van der Waals surface area contributed by atoms with Crippen molar-refractivity contribution in [3.8, 4) is 0 Å². The molecule has 0 aromatic heterocycles. The van der Waals surface area contributed by atoms with Gasteiger partial charge in [-0.05, 0) is 0 Å². The van der Waals surface area contributed by atoms with Crippen LogP contribution in [-0.4, -0.2) is 21.7 Å². The van der Waals surface area contributed by atoms with Crippen LogP contribution < -0.4 is 4.33 Å². The summed E-state index contributed by atoms with van der Waals surface area (Å²) < 4.78 is 3.43. The average Bonchev–Trinajstić information content (AvgIpc) is 2.58. The summed E-state index contributed by atoms with van der Waals surface area (Å²) >= 11 is 0.695. The molecule has 0 radical (unpaired) electrons. The molecule has 1 unspecified atom stereocenters. The zero-order valence-electron chi connectivity index (χ0n) is 6.29. The molecule has 1 aliphatic heterocycles. The molecule has 1 heterocycles. The van der Waals surface area contributed by atoms with Gasteiger partial charge in [0.05, 0.1) is 0 Å². The van der Waals surface area contributed by atoms with Gasteiger partial charge in [-0.15, -0.1) is 0 Å². The summed E-state index contributed by atoms with van der Waals surface area (Å²) in [7, 11) is 0. The van der Waals surface area contributed by atoms with Gasteiger partial charge in [-0.3, -0.25) is 0 Å². The Labute approximate surface area is 73.6 Å². The van der Waals surface area contributed by atoms with Crippen molar-refractivity contribution < 1.29 is 0 Å². The van der Waals surface area contributed by atoms with Crippen molar-refractivity contribution in [1.82, 2.24) is 4.33 Å². The molecule has 1 aromatic carbocycles. The third-order valence-electron chi connectivity index (χ3n) is 1.99. The molecule has 0 amide bonds. The van der Waals surface area contributed by atoms with Crippen LogP contribution in [0.2, 0.25) is 5.32 Å². The van der Waals surface area contributed by atoms with Crippen LogP contribution in [-0.2, 0) is 0 Å². The van der Waals surface area contributed by atoms with Crippen LogP contribution in [0.15, 0.2) is 30.3 Å². The van der Waals surface area contributed by atoms with Gasteiger partial charge in [-0.1, -0.05) is 0 Å². The number of benzene rings is 1. The van der Waals surface area contributed by atoms with E-state index in [1.54, 1.807) is 0 Å². The van der Waals surface area contributed by atoms with Crippen molar-refractivity contribution in [1.29, 1.82) is 0 Å². The maximum atomic E-state index is 3.43. The summed E-state index contributed by atoms with van der Waals surface area (Å²) in [5, 5.41) is 1.36. The molecule has 1 nitrogen and oxygen atoms in total. The topological polar surface area (TPSA) is 12.0 Å². The summed E-state index contributed by atoms with van der Waals surface area (Å²) in [5.41, 5.74) is 1.50. The fraction of sp³-hybridized carbons (Fsp3) is 0.333. The number of nitrogens with one attached hydrogen (secondary N) is 1. The van der Waals surface area contributed by atoms with Crippen LogP contribution >= 0.6 is 0 Å². The molecule has 1 atom stereocenters. The molecule has 1 aromatic rings. The van der Waals surface area contributed by atoms with E-state index in [-0.39, 0.29) is 0 Å². The van der Waals surface area contributed by atoms with Crippen molar-refractivity contribution >= 4 is 15.2 Å². The molecule has 0 bridgehead atoms. The Balaban J connectivity index is 2.16. The first-order chi connectivity index (χ1) is 5.47. The van der Waals surface area contributed by atoms with Crippen molar-refractivity contribution in [2.24, 2.45) is 0 Å². The second-order valence-electron chi connectivity index (χ2n) is 2.77. The van der Waals surface area contributed by atoms with Crippen molar-refractivity contribution in [3.63, 3.8) is 0 Å². The predicted octanol–water partition coefficient (Wildman–Crippen LogP) is 1.41. The van der Waals surface area contributed by atoms with E-state index >= 15 is 0 Å². The van der Waals surface area contributed by atoms with E-state index < -0.39 is 0 Å². The van der Waals surface area contributed by atoms with Crippen LogP contribution in [0.1, 0.15) is 11.5 Å². The number of hydrogen-bond acceptors (Lipinski definition) is 1. The molecule has 1 fully saturated rings. The first-order valence-electron chi connectivity index (χ1n) is 3.86. The summed E-state index contributed by atoms with van der Waals surface area (Å²) in [6.07, 6.45) is 0. The minimum atomic E-state index is 0.695. The molecule has 11 heavy (non-hydrogen) atoms. The monoisotopic (exact) mass is 213 g/mol. The summed E-state index contributed by atoms with van der Waals surface area (Å²) in [6, 6.07) is 10.8. The van der Waals surface area contributed by atoms with E-state index in [4.69, 9.17) is 0 Å². The van der Waals surface area contributed by atoms with Gasteiger partial charge in [0, 0.05) is 0 Å². The zero-order valence-corrected chi connectivity index (χ0v) is 8.00. The molecular formula is C9H11NSe. The summed E-state index contributed by atoms with van der Waals surface area (Å²) in [6.45, 7) is 1.18. The fourth-order valence-electron chi connectivity index (χ4n) is 1.32. The van der Waals surface area contributed by atoms with Gasteiger partial charge in [-0.2, -0.15) is 0 Å². The Morgan fingerprint density at radius 3 is 2.73 bits per heavy atom. The third-order valence-corrected chi connectivity index (χ3v) is 3.96. The van der Waals surface area contributed by atoms with E-state index in [9.17, 15) is 0 Å². The van der Waals surface area contributed by atoms with E-state index in [0.717, 1.165) is 5.92 Å². The number of rotatable bonds is 1. The number of hydrogen-bond donors (Lipinski definition) is 1. The SMILES string of the molecule is c1ccc(C2CN[Se]C2)cc1. The molecule has 1 N–H and O–H groups in total. The molecule has 58 valence electrons. The quantitative estimate of drug-likeness (QED) is 0.694. The van der Waals surface area contributed by atoms with Gasteiger partial charge in [0.15, 0.2) is 0 Å². The molecular weight excluding hydrogens is 201 g/mol. The molecule has 0 aliphatic carbocycles. The second-order valence-corrected chi connectivity index (χ2v) is 4.68. The second kappa shape index (κ2) is 3.40. The minimum absolute atomic E-state index is 0.695. The summed E-state index contributed by atoms with van der Waals surface area (Å²) in [5.74, 6) is 0.788. The van der Waals surface area contributed by atoms with Crippen molar-refractivity contribution in [2.45, 2.75) is 11.2 Å². The first kappa shape index (κ1) is 7.35. The molecule has 0 spiro atoms. The van der Waals surface area contributed by atoms with E-state index in [1.807, 2.05) is 0 Å². The van der Waals surface area contributed by atoms with Crippen LogP contribution in [0.4, 0.5) is 0 Å². The Bertz CT molecular complexity index is 216. The Morgan fingerprint density at radius 2 is 2.09 bits per heavy atom. The third kappa shape index (κ3) is 1.64. The fourth-order valence-corrected chi connectivity index (χ4v) is 3.31. The van der Waals surface area contributed by atoms with E-state index in [1.165, 1.54) is 17.4 Å².